The van der Waals surface area contributed by atoms with Crippen molar-refractivity contribution in [3.63, 3.8) is 0 Å². The van der Waals surface area contributed by atoms with Crippen molar-refractivity contribution in [1.29, 1.82) is 0 Å². The number of H-pyrrole nitrogens is 1. The fourth-order valence-electron chi connectivity index (χ4n) is 7.55. The van der Waals surface area contributed by atoms with E-state index < -0.39 is 0 Å². The maximum atomic E-state index is 10.7. The van der Waals surface area contributed by atoms with Crippen molar-refractivity contribution < 1.29 is 9.84 Å². The molecule has 152 valence electrons. The number of phenols is 1. The van der Waals surface area contributed by atoms with E-state index >= 15 is 0 Å². The minimum atomic E-state index is -0.00780. The molecule has 1 spiro atoms. The van der Waals surface area contributed by atoms with Crippen LogP contribution >= 0.6 is 0 Å². The number of benzene rings is 2. The molecule has 2 aliphatic heterocycles. The monoisotopic (exact) mass is 398 g/mol. The van der Waals surface area contributed by atoms with E-state index in [0.29, 0.717) is 17.7 Å². The number of aromatic nitrogens is 1. The van der Waals surface area contributed by atoms with Crippen LogP contribution in [0.4, 0.5) is 0 Å². The fourth-order valence-corrected chi connectivity index (χ4v) is 7.55. The van der Waals surface area contributed by atoms with Gasteiger partial charge in [0.1, 0.15) is 6.10 Å². The van der Waals surface area contributed by atoms with Crippen molar-refractivity contribution in [3.8, 4) is 11.5 Å². The quantitative estimate of drug-likeness (QED) is 0.670. The summed E-state index contributed by atoms with van der Waals surface area (Å²) in [6.07, 6.45) is 6.14. The smallest absolute Gasteiger partial charge is 0.166 e. The van der Waals surface area contributed by atoms with Crippen LogP contribution in [-0.2, 0) is 18.3 Å². The Bertz CT molecular complexity index is 1230. The van der Waals surface area contributed by atoms with Crippen LogP contribution in [0.25, 0.3) is 10.9 Å². The standard InChI is InChI=1S/C26H26N2O2/c29-21-8-7-15-11-20-18-12-17-16-3-1-2-4-19(16)27-23(17)25-26(18,22(15)24(21)30-25)9-10-28(20)13-14-5-6-14/h1-4,7-8,14,18,20,25,27,29H,5-6,9-13H2/t18?,20?,25-,26?/m0/s1. The normalized spacial score (nSPS) is 33.3. The van der Waals surface area contributed by atoms with Gasteiger partial charge >= 0.3 is 0 Å². The van der Waals surface area contributed by atoms with Crippen LogP contribution < -0.4 is 4.74 Å². The van der Waals surface area contributed by atoms with Crippen LogP contribution in [0.5, 0.6) is 11.5 Å². The SMILES string of the molecule is Oc1ccc2c3c1O[C@H]1c4[nH]c5ccccc5c4CC4C(C2)N(CC2CC2)CCC341. The van der Waals surface area contributed by atoms with Gasteiger partial charge in [0.05, 0.1) is 5.69 Å². The Hall–Kier alpha value is -2.46. The second-order valence-corrected chi connectivity index (χ2v) is 10.3. The van der Waals surface area contributed by atoms with Crippen molar-refractivity contribution in [2.24, 2.45) is 11.8 Å². The zero-order valence-electron chi connectivity index (χ0n) is 17.0. The summed E-state index contributed by atoms with van der Waals surface area (Å²) in [6, 6.07) is 13.3. The lowest BCUT2D eigenvalue weighted by Crippen LogP contribution is -2.63. The molecule has 2 N–H and O–H groups in total. The van der Waals surface area contributed by atoms with E-state index in [1.807, 2.05) is 6.07 Å². The van der Waals surface area contributed by atoms with E-state index in [9.17, 15) is 5.11 Å². The molecule has 4 nitrogen and oxygen atoms in total. The highest BCUT2D eigenvalue weighted by atomic mass is 16.5. The zero-order valence-corrected chi connectivity index (χ0v) is 17.0. The van der Waals surface area contributed by atoms with Gasteiger partial charge in [0.2, 0.25) is 0 Å². The summed E-state index contributed by atoms with van der Waals surface area (Å²) in [6.45, 7) is 2.42. The van der Waals surface area contributed by atoms with Crippen molar-refractivity contribution in [2.45, 2.75) is 49.7 Å². The number of rotatable bonds is 2. The number of para-hydroxylation sites is 1. The number of nitrogens with zero attached hydrogens (tertiary/aromatic N) is 1. The van der Waals surface area contributed by atoms with Gasteiger partial charge < -0.3 is 14.8 Å². The lowest BCUT2D eigenvalue weighted by molar-refractivity contribution is -0.0370. The van der Waals surface area contributed by atoms with Crippen molar-refractivity contribution in [2.75, 3.05) is 13.1 Å². The van der Waals surface area contributed by atoms with Crippen LogP contribution in [-0.4, -0.2) is 34.1 Å². The summed E-state index contributed by atoms with van der Waals surface area (Å²) >= 11 is 0. The summed E-state index contributed by atoms with van der Waals surface area (Å²) in [7, 11) is 0. The lowest BCUT2D eigenvalue weighted by Gasteiger charge is -2.58. The molecule has 8 rings (SSSR count). The van der Waals surface area contributed by atoms with E-state index in [1.165, 1.54) is 52.7 Å². The molecule has 1 saturated heterocycles. The Morgan fingerprint density at radius 3 is 2.93 bits per heavy atom. The van der Waals surface area contributed by atoms with E-state index in [4.69, 9.17) is 4.74 Å². The highest BCUT2D eigenvalue weighted by Gasteiger charge is 2.65. The summed E-state index contributed by atoms with van der Waals surface area (Å²) in [5.74, 6) is 2.55. The third-order valence-corrected chi connectivity index (χ3v) is 8.95. The Kier molecular flexibility index (Phi) is 2.83. The van der Waals surface area contributed by atoms with E-state index in [1.54, 1.807) is 0 Å². The number of phenolic OH excluding ortho intramolecular Hbond substituents is 1. The number of hydrogen-bond acceptors (Lipinski definition) is 3. The average Bonchev–Trinajstić information content (AvgIpc) is 3.39. The van der Waals surface area contributed by atoms with Crippen LogP contribution in [0.15, 0.2) is 36.4 Å². The first-order valence-corrected chi connectivity index (χ1v) is 11.6. The van der Waals surface area contributed by atoms with Gasteiger partial charge in [-0.25, -0.2) is 0 Å². The predicted octanol–water partition coefficient (Wildman–Crippen LogP) is 4.46. The molecule has 30 heavy (non-hydrogen) atoms. The van der Waals surface area contributed by atoms with Gasteiger partial charge in [-0.05, 0) is 73.7 Å². The second kappa shape index (κ2) is 5.23. The molecule has 5 aliphatic rings. The minimum Gasteiger partial charge on any atom is -0.504 e. The lowest BCUT2D eigenvalue weighted by atomic mass is 9.51. The molecular formula is C26H26N2O2. The molecule has 3 unspecified atom stereocenters. The number of aromatic amines is 1. The third-order valence-electron chi connectivity index (χ3n) is 8.95. The molecule has 1 aromatic heterocycles. The minimum absolute atomic E-state index is 0.000248. The summed E-state index contributed by atoms with van der Waals surface area (Å²) in [5.41, 5.74) is 6.66. The molecule has 4 heteroatoms. The topological polar surface area (TPSA) is 48.5 Å². The van der Waals surface area contributed by atoms with Crippen molar-refractivity contribution in [1.82, 2.24) is 9.88 Å². The maximum Gasteiger partial charge on any atom is 0.166 e. The number of fused-ring (bicyclic) bond motifs is 4. The first-order chi connectivity index (χ1) is 14.7. The maximum absolute atomic E-state index is 10.7. The molecule has 3 aromatic rings. The number of ether oxygens (including phenoxy) is 1. The average molecular weight is 399 g/mol. The summed E-state index contributed by atoms with van der Waals surface area (Å²) in [4.78, 5) is 6.55. The van der Waals surface area contributed by atoms with E-state index in [-0.39, 0.29) is 11.5 Å². The molecule has 4 atom stereocenters. The Balaban J connectivity index is 1.39. The van der Waals surface area contributed by atoms with Gasteiger partial charge in [-0.3, -0.25) is 4.90 Å². The van der Waals surface area contributed by atoms with E-state index in [2.05, 4.69) is 40.2 Å². The van der Waals surface area contributed by atoms with E-state index in [0.717, 1.165) is 37.5 Å². The molecule has 2 bridgehead atoms. The number of hydrogen-bond donors (Lipinski definition) is 2. The van der Waals surface area contributed by atoms with Crippen LogP contribution in [0.2, 0.25) is 0 Å². The van der Waals surface area contributed by atoms with Crippen LogP contribution in [0.1, 0.15) is 47.8 Å². The van der Waals surface area contributed by atoms with Gasteiger partial charge in [-0.2, -0.15) is 0 Å². The first-order valence-electron chi connectivity index (χ1n) is 11.6. The van der Waals surface area contributed by atoms with Gasteiger partial charge in [0, 0.05) is 34.5 Å². The molecule has 3 heterocycles. The summed E-state index contributed by atoms with van der Waals surface area (Å²) in [5, 5.41) is 12.1. The first kappa shape index (κ1) is 16.3. The van der Waals surface area contributed by atoms with Gasteiger partial charge in [-0.1, -0.05) is 24.3 Å². The van der Waals surface area contributed by atoms with Gasteiger partial charge in [-0.15, -0.1) is 0 Å². The number of nitrogens with one attached hydrogen (secondary N) is 1. The number of likely N-dealkylation sites (tertiary alicyclic amines) is 1. The van der Waals surface area contributed by atoms with Crippen molar-refractivity contribution in [3.05, 3.63) is 58.8 Å². The van der Waals surface area contributed by atoms with Gasteiger partial charge in [0.15, 0.2) is 11.5 Å². The number of aromatic hydroxyl groups is 1. The third kappa shape index (κ3) is 1.80. The van der Waals surface area contributed by atoms with Crippen LogP contribution in [0, 0.1) is 11.8 Å². The number of piperidine rings is 1. The highest BCUT2D eigenvalue weighted by molar-refractivity contribution is 5.86. The molecule has 0 radical (unpaired) electrons. The molecule has 2 fully saturated rings. The fraction of sp³-hybridized carbons (Fsp3) is 0.462. The molecule has 2 aromatic carbocycles. The molecule has 1 saturated carbocycles. The highest BCUT2D eigenvalue weighted by Crippen LogP contribution is 2.67. The second-order valence-electron chi connectivity index (χ2n) is 10.3. The molecule has 3 aliphatic carbocycles. The largest absolute Gasteiger partial charge is 0.504 e. The summed E-state index contributed by atoms with van der Waals surface area (Å²) < 4.78 is 6.69. The van der Waals surface area contributed by atoms with Crippen molar-refractivity contribution >= 4 is 10.9 Å². The molecule has 0 amide bonds. The molecular weight excluding hydrogens is 372 g/mol. The predicted molar refractivity (Wildman–Crippen MR) is 115 cm³/mol. The Labute approximate surface area is 175 Å². The van der Waals surface area contributed by atoms with Crippen LogP contribution in [0.3, 0.4) is 0 Å². The Morgan fingerprint density at radius 1 is 1.13 bits per heavy atom. The Morgan fingerprint density at radius 2 is 2.03 bits per heavy atom. The van der Waals surface area contributed by atoms with Gasteiger partial charge in [0.25, 0.3) is 0 Å². The zero-order chi connectivity index (χ0) is 19.6.